The van der Waals surface area contributed by atoms with E-state index in [0.717, 1.165) is 22.1 Å². The summed E-state index contributed by atoms with van der Waals surface area (Å²) in [5, 5.41) is 10.7. The maximum Gasteiger partial charge on any atom is 0.361 e. The SMILES string of the molecule is CC(C)C(=O)OCOC(=O)c1c(-c2ccc3cc(Cl)ccc3n2)nnn1C(c1ccccc1)(c1ccccc1)c1ccccc1. The lowest BCUT2D eigenvalue weighted by molar-refractivity contribution is -0.155. The lowest BCUT2D eigenvalue weighted by Crippen LogP contribution is -2.41. The Kier molecular flexibility index (Phi) is 8.40. The zero-order chi connectivity index (χ0) is 31.4. The Morgan fingerprint density at radius 2 is 1.36 bits per heavy atom. The summed E-state index contributed by atoms with van der Waals surface area (Å²) in [5.74, 6) is -1.66. The molecule has 2 heterocycles. The van der Waals surface area contributed by atoms with E-state index in [1.807, 2.05) is 103 Å². The Balaban J connectivity index is 1.62. The fourth-order valence-corrected chi connectivity index (χ4v) is 5.56. The molecule has 0 saturated carbocycles. The van der Waals surface area contributed by atoms with Gasteiger partial charge in [0.2, 0.25) is 6.79 Å². The number of nitrogens with zero attached hydrogens (tertiary/aromatic N) is 4. The number of hydrogen-bond acceptors (Lipinski definition) is 7. The second kappa shape index (κ2) is 12.7. The van der Waals surface area contributed by atoms with Crippen LogP contribution in [0.2, 0.25) is 5.02 Å². The molecule has 0 aliphatic carbocycles. The van der Waals surface area contributed by atoms with Crippen molar-refractivity contribution in [3.63, 3.8) is 0 Å². The van der Waals surface area contributed by atoms with Crippen LogP contribution in [0.5, 0.6) is 0 Å². The van der Waals surface area contributed by atoms with Crippen LogP contribution < -0.4 is 0 Å². The van der Waals surface area contributed by atoms with Gasteiger partial charge in [-0.3, -0.25) is 4.79 Å². The molecule has 6 aromatic rings. The van der Waals surface area contributed by atoms with Gasteiger partial charge in [0.25, 0.3) is 0 Å². The van der Waals surface area contributed by atoms with Gasteiger partial charge in [-0.15, -0.1) is 5.10 Å². The third-order valence-corrected chi connectivity index (χ3v) is 7.75. The molecule has 6 rings (SSSR count). The van der Waals surface area contributed by atoms with E-state index in [2.05, 4.69) is 10.3 Å². The van der Waals surface area contributed by atoms with Crippen molar-refractivity contribution in [2.24, 2.45) is 5.92 Å². The van der Waals surface area contributed by atoms with E-state index < -0.39 is 24.3 Å². The fourth-order valence-electron chi connectivity index (χ4n) is 5.38. The summed E-state index contributed by atoms with van der Waals surface area (Å²) < 4.78 is 12.4. The van der Waals surface area contributed by atoms with E-state index in [1.165, 1.54) is 0 Å². The second-order valence-electron chi connectivity index (χ2n) is 10.7. The Morgan fingerprint density at radius 1 is 0.778 bits per heavy atom. The zero-order valence-electron chi connectivity index (χ0n) is 24.6. The Bertz CT molecular complexity index is 1870. The molecule has 0 aliphatic rings. The van der Waals surface area contributed by atoms with E-state index in [1.54, 1.807) is 36.7 Å². The predicted molar refractivity (Wildman–Crippen MR) is 172 cm³/mol. The van der Waals surface area contributed by atoms with Crippen LogP contribution in [-0.2, 0) is 19.8 Å². The second-order valence-corrected chi connectivity index (χ2v) is 11.1. The van der Waals surface area contributed by atoms with E-state index in [9.17, 15) is 9.59 Å². The van der Waals surface area contributed by atoms with Crippen molar-refractivity contribution in [1.82, 2.24) is 20.0 Å². The molecule has 9 heteroatoms. The average Bonchev–Trinajstić information content (AvgIpc) is 3.52. The third-order valence-electron chi connectivity index (χ3n) is 7.51. The number of fused-ring (bicyclic) bond motifs is 1. The minimum Gasteiger partial charge on any atom is -0.428 e. The van der Waals surface area contributed by atoms with Crippen molar-refractivity contribution in [1.29, 1.82) is 0 Å². The number of carbonyl (C=O) groups is 2. The number of benzene rings is 4. The van der Waals surface area contributed by atoms with E-state index >= 15 is 0 Å². The molecule has 0 fully saturated rings. The van der Waals surface area contributed by atoms with Gasteiger partial charge in [-0.25, -0.2) is 14.5 Å². The molecule has 4 aromatic carbocycles. The summed E-state index contributed by atoms with van der Waals surface area (Å²) in [6, 6.07) is 38.3. The quantitative estimate of drug-likeness (QED) is 0.0955. The van der Waals surface area contributed by atoms with Crippen LogP contribution in [0.4, 0.5) is 0 Å². The number of aromatic nitrogens is 4. The molecule has 2 aromatic heterocycles. The summed E-state index contributed by atoms with van der Waals surface area (Å²) in [7, 11) is 0. The first-order chi connectivity index (χ1) is 21.9. The minimum absolute atomic E-state index is 0.0352. The van der Waals surface area contributed by atoms with Gasteiger partial charge in [-0.2, -0.15) is 0 Å². The van der Waals surface area contributed by atoms with Crippen LogP contribution in [0.15, 0.2) is 121 Å². The molecular weight excluding hydrogens is 588 g/mol. The van der Waals surface area contributed by atoms with Crippen LogP contribution in [0.25, 0.3) is 22.3 Å². The molecule has 0 spiro atoms. The fraction of sp³-hybridized carbons (Fsp3) is 0.139. The smallest absolute Gasteiger partial charge is 0.361 e. The van der Waals surface area contributed by atoms with E-state index in [-0.39, 0.29) is 17.3 Å². The van der Waals surface area contributed by atoms with Crippen molar-refractivity contribution in [2.45, 2.75) is 19.4 Å². The largest absolute Gasteiger partial charge is 0.428 e. The van der Waals surface area contributed by atoms with Crippen LogP contribution in [0, 0.1) is 5.92 Å². The maximum absolute atomic E-state index is 14.2. The molecule has 0 unspecified atom stereocenters. The van der Waals surface area contributed by atoms with Crippen molar-refractivity contribution in [2.75, 3.05) is 6.79 Å². The lowest BCUT2D eigenvalue weighted by Gasteiger charge is -2.36. The molecule has 0 bridgehead atoms. The van der Waals surface area contributed by atoms with Gasteiger partial charge in [0.1, 0.15) is 11.2 Å². The number of esters is 2. The van der Waals surface area contributed by atoms with Crippen molar-refractivity contribution in [3.8, 4) is 11.4 Å². The van der Waals surface area contributed by atoms with Crippen LogP contribution in [-0.4, -0.2) is 38.7 Å². The Morgan fingerprint density at radius 3 is 1.91 bits per heavy atom. The monoisotopic (exact) mass is 616 g/mol. The molecule has 8 nitrogen and oxygen atoms in total. The normalized spacial score (nSPS) is 11.5. The summed E-state index contributed by atoms with van der Waals surface area (Å²) >= 11 is 6.21. The van der Waals surface area contributed by atoms with Gasteiger partial charge >= 0.3 is 11.9 Å². The highest BCUT2D eigenvalue weighted by atomic mass is 35.5. The summed E-state index contributed by atoms with van der Waals surface area (Å²) in [6.45, 7) is 2.83. The van der Waals surface area contributed by atoms with Crippen LogP contribution in [0.1, 0.15) is 41.0 Å². The van der Waals surface area contributed by atoms with Gasteiger partial charge in [-0.1, -0.05) is 128 Å². The molecule has 0 amide bonds. The topological polar surface area (TPSA) is 96.2 Å². The molecule has 224 valence electrons. The predicted octanol–water partition coefficient (Wildman–Crippen LogP) is 7.30. The average molecular weight is 617 g/mol. The lowest BCUT2D eigenvalue weighted by atomic mass is 9.77. The van der Waals surface area contributed by atoms with Crippen molar-refractivity contribution in [3.05, 3.63) is 149 Å². The summed E-state index contributed by atoms with van der Waals surface area (Å²) in [6.07, 6.45) is 0. The van der Waals surface area contributed by atoms with E-state index in [4.69, 9.17) is 26.1 Å². The van der Waals surface area contributed by atoms with Crippen LogP contribution >= 0.6 is 11.6 Å². The third kappa shape index (κ3) is 5.68. The number of carbonyl (C=O) groups excluding carboxylic acids is 2. The number of pyridine rings is 1. The Hall–Kier alpha value is -5.34. The Labute approximate surface area is 265 Å². The molecule has 0 aliphatic heterocycles. The number of ether oxygens (including phenoxy) is 2. The van der Waals surface area contributed by atoms with Gasteiger partial charge in [0.05, 0.1) is 17.1 Å². The first-order valence-corrected chi connectivity index (χ1v) is 14.8. The van der Waals surface area contributed by atoms with Gasteiger partial charge < -0.3 is 9.47 Å². The standard InChI is InChI=1S/C36H29ClN4O4/c1-24(2)34(42)44-23-45-35(43)33-32(31-20-18-25-22-29(37)19-21-30(25)38-31)39-40-41(33)36(26-12-6-3-7-13-26,27-14-8-4-9-15-27)28-16-10-5-11-17-28/h3-22,24H,23H2,1-2H3. The number of hydrogen-bond donors (Lipinski definition) is 0. The van der Waals surface area contributed by atoms with Gasteiger partial charge in [0.15, 0.2) is 5.69 Å². The molecule has 0 atom stereocenters. The van der Waals surface area contributed by atoms with Crippen molar-refractivity contribution < 1.29 is 19.1 Å². The van der Waals surface area contributed by atoms with Gasteiger partial charge in [-0.05, 0) is 41.0 Å². The molecule has 45 heavy (non-hydrogen) atoms. The zero-order valence-corrected chi connectivity index (χ0v) is 25.4. The molecular formula is C36H29ClN4O4. The van der Waals surface area contributed by atoms with E-state index in [0.29, 0.717) is 16.2 Å². The number of rotatable bonds is 9. The first-order valence-electron chi connectivity index (χ1n) is 14.4. The first kappa shape index (κ1) is 29.7. The molecule has 0 N–H and O–H groups in total. The maximum atomic E-state index is 14.2. The van der Waals surface area contributed by atoms with Gasteiger partial charge in [0, 0.05) is 10.4 Å². The van der Waals surface area contributed by atoms with Crippen molar-refractivity contribution >= 4 is 34.4 Å². The highest BCUT2D eigenvalue weighted by molar-refractivity contribution is 6.31. The molecule has 0 radical (unpaired) electrons. The minimum atomic E-state index is -1.16. The van der Waals surface area contributed by atoms with Crippen LogP contribution in [0.3, 0.4) is 0 Å². The molecule has 0 saturated heterocycles. The highest BCUT2D eigenvalue weighted by Gasteiger charge is 2.44. The summed E-state index contributed by atoms with van der Waals surface area (Å²) in [4.78, 5) is 31.1. The summed E-state index contributed by atoms with van der Waals surface area (Å²) in [5.41, 5.74) is 2.65. The number of halogens is 1. The highest BCUT2D eigenvalue weighted by Crippen LogP contribution is 2.42.